The number of carbonyl (C=O) groups is 2. The third-order valence-corrected chi connectivity index (χ3v) is 3.20. The number of aliphatic carboxylic acids is 1. The van der Waals surface area contributed by atoms with E-state index in [1.54, 1.807) is 4.90 Å². The van der Waals surface area contributed by atoms with Crippen LogP contribution in [0.2, 0.25) is 0 Å². The Kier molecular flexibility index (Phi) is 5.97. The molecule has 0 aromatic heterocycles. The summed E-state index contributed by atoms with van der Waals surface area (Å²) in [5, 5.41) is 17.6. The molecule has 1 heterocycles. The molecule has 0 unspecified atom stereocenters. The maximum atomic E-state index is 11.5. The highest BCUT2D eigenvalue weighted by molar-refractivity contribution is 5.78. The normalized spacial score (nSPS) is 19.9. The first-order valence-electron chi connectivity index (χ1n) is 6.27. The van der Waals surface area contributed by atoms with Crippen LogP contribution < -0.4 is 0 Å². The lowest BCUT2D eigenvalue weighted by Gasteiger charge is -2.22. The van der Waals surface area contributed by atoms with Gasteiger partial charge in [0.2, 0.25) is 5.91 Å². The minimum atomic E-state index is -0.750. The highest BCUT2D eigenvalue weighted by atomic mass is 16.4. The summed E-state index contributed by atoms with van der Waals surface area (Å²) in [5.41, 5.74) is 0. The van der Waals surface area contributed by atoms with Gasteiger partial charge in [-0.1, -0.05) is 12.8 Å². The Labute approximate surface area is 101 Å². The van der Waals surface area contributed by atoms with Crippen LogP contribution in [0.25, 0.3) is 0 Å². The number of rotatable bonds is 8. The van der Waals surface area contributed by atoms with Crippen molar-refractivity contribution < 1.29 is 19.8 Å². The fourth-order valence-electron chi connectivity index (χ4n) is 2.20. The molecule has 0 saturated carbocycles. The summed E-state index contributed by atoms with van der Waals surface area (Å²) in [5.74, 6) is -0.616. The predicted octanol–water partition coefficient (Wildman–Crippen LogP) is 1.00. The molecule has 1 rings (SSSR count). The Morgan fingerprint density at radius 1 is 1.29 bits per heavy atom. The number of hydrogen-bond acceptors (Lipinski definition) is 3. The summed E-state index contributed by atoms with van der Waals surface area (Å²) < 4.78 is 0. The fraction of sp³-hybridized carbons (Fsp3) is 0.833. The van der Waals surface area contributed by atoms with Crippen LogP contribution in [0.3, 0.4) is 0 Å². The first-order chi connectivity index (χ1) is 8.15. The van der Waals surface area contributed by atoms with Gasteiger partial charge < -0.3 is 15.1 Å². The number of likely N-dealkylation sites (tertiary alicyclic amines) is 1. The van der Waals surface area contributed by atoms with Crippen molar-refractivity contribution in [3.8, 4) is 0 Å². The third kappa shape index (κ3) is 4.73. The molecule has 5 heteroatoms. The van der Waals surface area contributed by atoms with Gasteiger partial charge in [0.1, 0.15) is 0 Å². The zero-order chi connectivity index (χ0) is 12.7. The minimum Gasteiger partial charge on any atom is -0.481 e. The van der Waals surface area contributed by atoms with Gasteiger partial charge in [-0.05, 0) is 19.3 Å². The molecule has 0 aromatic rings. The van der Waals surface area contributed by atoms with E-state index < -0.39 is 5.97 Å². The second-order valence-electron chi connectivity index (χ2n) is 4.52. The lowest BCUT2D eigenvalue weighted by molar-refractivity contribution is -0.137. The standard InChI is InChI=1S/C12H21NO4/c14-9-10-6-7-11(15)13(10)8-4-2-1-3-5-12(16)17/h10,14H,1-9H2,(H,16,17)/t10-/m1/s1. The van der Waals surface area contributed by atoms with Crippen molar-refractivity contribution in [3.05, 3.63) is 0 Å². The van der Waals surface area contributed by atoms with Crippen LogP contribution in [0.1, 0.15) is 44.9 Å². The zero-order valence-electron chi connectivity index (χ0n) is 10.1. The van der Waals surface area contributed by atoms with E-state index in [1.165, 1.54) is 0 Å². The first kappa shape index (κ1) is 14.0. The molecule has 1 fully saturated rings. The summed E-state index contributed by atoms with van der Waals surface area (Å²) in [4.78, 5) is 23.5. The van der Waals surface area contributed by atoms with E-state index >= 15 is 0 Å². The smallest absolute Gasteiger partial charge is 0.303 e. The number of nitrogens with zero attached hydrogens (tertiary/aromatic N) is 1. The predicted molar refractivity (Wildman–Crippen MR) is 62.5 cm³/mol. The maximum Gasteiger partial charge on any atom is 0.303 e. The molecule has 5 nitrogen and oxygen atoms in total. The van der Waals surface area contributed by atoms with Gasteiger partial charge in [0.25, 0.3) is 0 Å². The number of carboxylic acids is 1. The Hall–Kier alpha value is -1.10. The van der Waals surface area contributed by atoms with Crippen molar-refractivity contribution in [1.82, 2.24) is 4.90 Å². The SMILES string of the molecule is O=C(O)CCCCCCN1C(=O)CC[C@@H]1CO. The Morgan fingerprint density at radius 2 is 2.00 bits per heavy atom. The van der Waals surface area contributed by atoms with Crippen LogP contribution in [-0.4, -0.2) is 46.2 Å². The van der Waals surface area contributed by atoms with E-state index in [-0.39, 0.29) is 25.0 Å². The monoisotopic (exact) mass is 243 g/mol. The van der Waals surface area contributed by atoms with E-state index in [0.717, 1.165) is 25.7 Å². The summed E-state index contributed by atoms with van der Waals surface area (Å²) in [6, 6.07) is 0.00141. The number of carboxylic acid groups (broad SMARTS) is 1. The molecule has 0 spiro atoms. The van der Waals surface area contributed by atoms with Gasteiger partial charge in [-0.25, -0.2) is 0 Å². The summed E-state index contributed by atoms with van der Waals surface area (Å²) in [7, 11) is 0. The number of hydrogen-bond donors (Lipinski definition) is 2. The number of aliphatic hydroxyl groups is 1. The number of unbranched alkanes of at least 4 members (excludes halogenated alkanes) is 3. The molecule has 1 aliphatic heterocycles. The minimum absolute atomic E-state index is 0.00141. The Balaban J connectivity index is 2.09. The van der Waals surface area contributed by atoms with Crippen molar-refractivity contribution in [1.29, 1.82) is 0 Å². The van der Waals surface area contributed by atoms with Gasteiger partial charge >= 0.3 is 5.97 Å². The lowest BCUT2D eigenvalue weighted by atomic mass is 10.1. The van der Waals surface area contributed by atoms with Gasteiger partial charge in [0.15, 0.2) is 0 Å². The second kappa shape index (κ2) is 7.27. The highest BCUT2D eigenvalue weighted by Gasteiger charge is 2.29. The first-order valence-corrected chi connectivity index (χ1v) is 6.27. The van der Waals surface area contributed by atoms with E-state index in [0.29, 0.717) is 19.4 Å². The van der Waals surface area contributed by atoms with Crippen LogP contribution >= 0.6 is 0 Å². The molecule has 0 aliphatic carbocycles. The molecule has 0 radical (unpaired) electrons. The Bertz CT molecular complexity index is 267. The van der Waals surface area contributed by atoms with Gasteiger partial charge in [-0.15, -0.1) is 0 Å². The summed E-state index contributed by atoms with van der Waals surface area (Å²) >= 11 is 0. The topological polar surface area (TPSA) is 77.8 Å². The quantitative estimate of drug-likeness (QED) is 0.623. The van der Waals surface area contributed by atoms with Gasteiger partial charge in [0.05, 0.1) is 12.6 Å². The van der Waals surface area contributed by atoms with E-state index in [9.17, 15) is 9.59 Å². The average Bonchev–Trinajstić information content (AvgIpc) is 2.64. The fourth-order valence-corrected chi connectivity index (χ4v) is 2.20. The molecule has 2 N–H and O–H groups in total. The van der Waals surface area contributed by atoms with E-state index in [2.05, 4.69) is 0 Å². The molecular weight excluding hydrogens is 222 g/mol. The van der Waals surface area contributed by atoms with Crippen molar-refractivity contribution in [2.45, 2.75) is 51.0 Å². The van der Waals surface area contributed by atoms with Crippen molar-refractivity contribution in [2.24, 2.45) is 0 Å². The largest absolute Gasteiger partial charge is 0.481 e. The Morgan fingerprint density at radius 3 is 2.65 bits per heavy atom. The van der Waals surface area contributed by atoms with Crippen LogP contribution in [0, 0.1) is 0 Å². The highest BCUT2D eigenvalue weighted by Crippen LogP contribution is 2.19. The molecule has 0 aromatic carbocycles. The van der Waals surface area contributed by atoms with Crippen molar-refractivity contribution >= 4 is 11.9 Å². The molecule has 98 valence electrons. The summed E-state index contributed by atoms with van der Waals surface area (Å²) in [6.07, 6.45) is 4.95. The molecular formula is C12H21NO4. The van der Waals surface area contributed by atoms with Gasteiger partial charge in [-0.3, -0.25) is 9.59 Å². The molecule has 17 heavy (non-hydrogen) atoms. The molecule has 1 amide bonds. The van der Waals surface area contributed by atoms with E-state index in [4.69, 9.17) is 10.2 Å². The molecule has 1 aliphatic rings. The summed E-state index contributed by atoms with van der Waals surface area (Å²) in [6.45, 7) is 0.738. The average molecular weight is 243 g/mol. The number of aliphatic hydroxyl groups excluding tert-OH is 1. The molecule has 1 saturated heterocycles. The number of amides is 1. The lowest BCUT2D eigenvalue weighted by Crippen LogP contribution is -2.36. The van der Waals surface area contributed by atoms with Crippen molar-refractivity contribution in [3.63, 3.8) is 0 Å². The molecule has 0 bridgehead atoms. The van der Waals surface area contributed by atoms with E-state index in [1.807, 2.05) is 0 Å². The van der Waals surface area contributed by atoms with Crippen LogP contribution in [0.15, 0.2) is 0 Å². The third-order valence-electron chi connectivity index (χ3n) is 3.20. The van der Waals surface area contributed by atoms with Gasteiger partial charge in [0, 0.05) is 19.4 Å². The number of carbonyl (C=O) groups excluding carboxylic acids is 1. The van der Waals surface area contributed by atoms with Crippen LogP contribution in [-0.2, 0) is 9.59 Å². The van der Waals surface area contributed by atoms with Crippen LogP contribution in [0.5, 0.6) is 0 Å². The van der Waals surface area contributed by atoms with Gasteiger partial charge in [-0.2, -0.15) is 0 Å². The molecule has 1 atom stereocenters. The zero-order valence-corrected chi connectivity index (χ0v) is 10.1. The second-order valence-corrected chi connectivity index (χ2v) is 4.52. The van der Waals surface area contributed by atoms with Crippen molar-refractivity contribution in [2.75, 3.05) is 13.2 Å². The maximum absolute atomic E-state index is 11.5. The van der Waals surface area contributed by atoms with Crippen LogP contribution in [0.4, 0.5) is 0 Å².